The van der Waals surface area contributed by atoms with Crippen LogP contribution in [0.4, 0.5) is 5.95 Å². The average molecular weight is 340 g/mol. The monoisotopic (exact) mass is 340 g/mol. The van der Waals surface area contributed by atoms with Crippen molar-refractivity contribution in [1.29, 1.82) is 0 Å². The van der Waals surface area contributed by atoms with E-state index in [-0.39, 0.29) is 18.1 Å². The summed E-state index contributed by atoms with van der Waals surface area (Å²) in [4.78, 5) is 23.5. The molecular formula is C19H24N4O2. The third-order valence-corrected chi connectivity index (χ3v) is 4.53. The summed E-state index contributed by atoms with van der Waals surface area (Å²) in [5.74, 6) is 0.371. The molecule has 1 amide bonds. The Kier molecular flexibility index (Phi) is 4.99. The number of morpholine rings is 1. The van der Waals surface area contributed by atoms with E-state index in [4.69, 9.17) is 4.74 Å². The highest BCUT2D eigenvalue weighted by Crippen LogP contribution is 2.28. The third-order valence-electron chi connectivity index (χ3n) is 4.53. The Bertz CT molecular complexity index is 778. The summed E-state index contributed by atoms with van der Waals surface area (Å²) in [5, 5.41) is 2.90. The zero-order valence-electron chi connectivity index (χ0n) is 15.1. The molecule has 0 spiro atoms. The molecule has 6 heteroatoms. The molecule has 132 valence electrons. The molecule has 1 saturated heterocycles. The molecule has 1 aliphatic heterocycles. The molecule has 1 aliphatic rings. The maximum Gasteiger partial charge on any atom is 0.273 e. The van der Waals surface area contributed by atoms with E-state index in [9.17, 15) is 4.79 Å². The Balaban J connectivity index is 1.86. The van der Waals surface area contributed by atoms with Gasteiger partial charge in [-0.3, -0.25) is 4.79 Å². The smallest absolute Gasteiger partial charge is 0.273 e. The van der Waals surface area contributed by atoms with E-state index in [0.29, 0.717) is 24.8 Å². The van der Waals surface area contributed by atoms with Crippen molar-refractivity contribution in [2.45, 2.75) is 32.9 Å². The lowest BCUT2D eigenvalue weighted by atomic mass is 10.0. The average Bonchev–Trinajstić information content (AvgIpc) is 2.61. The molecule has 2 aromatic rings. The standard InChI is InChI=1S/C19H24N4O2/c1-12-7-5-6-8-15(12)17-10-23(14(3)11-25-17)18(24)16-9-13(2)21-19(20-4)22-16/h5-9,14,17H,10-11H2,1-4H3,(H,20,21,22)/t14-,17-/m1/s1. The summed E-state index contributed by atoms with van der Waals surface area (Å²) in [5.41, 5.74) is 3.47. The SMILES string of the molecule is CNc1nc(C)cc(C(=O)N2C[C@H](c3ccccc3C)OC[C@H]2C)n1. The van der Waals surface area contributed by atoms with Crippen LogP contribution in [0.3, 0.4) is 0 Å². The van der Waals surface area contributed by atoms with Crippen LogP contribution in [0.25, 0.3) is 0 Å². The number of ether oxygens (including phenoxy) is 1. The Labute approximate surface area is 148 Å². The van der Waals surface area contributed by atoms with Crippen LogP contribution in [-0.2, 0) is 4.74 Å². The first kappa shape index (κ1) is 17.4. The molecule has 25 heavy (non-hydrogen) atoms. The van der Waals surface area contributed by atoms with Gasteiger partial charge in [-0.25, -0.2) is 9.97 Å². The minimum Gasteiger partial charge on any atom is -0.370 e. The van der Waals surface area contributed by atoms with Crippen LogP contribution in [0.2, 0.25) is 0 Å². The fourth-order valence-electron chi connectivity index (χ4n) is 3.11. The van der Waals surface area contributed by atoms with E-state index in [2.05, 4.69) is 34.3 Å². The summed E-state index contributed by atoms with van der Waals surface area (Å²) in [6.45, 7) is 6.95. The van der Waals surface area contributed by atoms with Gasteiger partial charge in [-0.15, -0.1) is 0 Å². The number of aromatic nitrogens is 2. The third kappa shape index (κ3) is 3.64. The van der Waals surface area contributed by atoms with Crippen molar-refractivity contribution in [3.8, 4) is 0 Å². The quantitative estimate of drug-likeness (QED) is 0.930. The molecule has 1 N–H and O–H groups in total. The van der Waals surface area contributed by atoms with Gasteiger partial charge >= 0.3 is 0 Å². The number of aryl methyl sites for hydroxylation is 2. The lowest BCUT2D eigenvalue weighted by Crippen LogP contribution is -2.48. The first-order valence-electron chi connectivity index (χ1n) is 8.51. The number of carbonyl (C=O) groups excluding carboxylic acids is 1. The summed E-state index contributed by atoms with van der Waals surface area (Å²) in [6.07, 6.45) is -0.118. The van der Waals surface area contributed by atoms with Crippen molar-refractivity contribution >= 4 is 11.9 Å². The maximum atomic E-state index is 13.0. The number of nitrogens with one attached hydrogen (secondary N) is 1. The predicted molar refractivity (Wildman–Crippen MR) is 96.7 cm³/mol. The van der Waals surface area contributed by atoms with Gasteiger partial charge in [0.05, 0.1) is 19.2 Å². The molecule has 3 rings (SSSR count). The van der Waals surface area contributed by atoms with Crippen molar-refractivity contribution in [2.75, 3.05) is 25.5 Å². The molecule has 1 fully saturated rings. The number of hydrogen-bond donors (Lipinski definition) is 1. The normalized spacial score (nSPS) is 20.4. The van der Waals surface area contributed by atoms with Gasteiger partial charge in [-0.1, -0.05) is 24.3 Å². The van der Waals surface area contributed by atoms with Crippen LogP contribution < -0.4 is 5.32 Å². The van der Waals surface area contributed by atoms with E-state index in [1.807, 2.05) is 30.9 Å². The number of nitrogens with zero attached hydrogens (tertiary/aromatic N) is 3. The highest BCUT2D eigenvalue weighted by atomic mass is 16.5. The largest absolute Gasteiger partial charge is 0.370 e. The molecule has 0 bridgehead atoms. The molecule has 0 unspecified atom stereocenters. The van der Waals surface area contributed by atoms with Crippen LogP contribution in [0.1, 0.15) is 40.3 Å². The van der Waals surface area contributed by atoms with Gasteiger partial charge in [-0.2, -0.15) is 0 Å². The van der Waals surface area contributed by atoms with E-state index in [1.54, 1.807) is 13.1 Å². The Morgan fingerprint density at radius 2 is 2.04 bits per heavy atom. The van der Waals surface area contributed by atoms with E-state index < -0.39 is 0 Å². The van der Waals surface area contributed by atoms with Crippen molar-refractivity contribution in [1.82, 2.24) is 14.9 Å². The van der Waals surface area contributed by atoms with Gasteiger partial charge in [0.25, 0.3) is 5.91 Å². The Hall–Kier alpha value is -2.47. The zero-order chi connectivity index (χ0) is 18.0. The van der Waals surface area contributed by atoms with E-state index >= 15 is 0 Å². The van der Waals surface area contributed by atoms with E-state index in [1.165, 1.54) is 5.56 Å². The lowest BCUT2D eigenvalue weighted by molar-refractivity contribution is -0.0490. The lowest BCUT2D eigenvalue weighted by Gasteiger charge is -2.38. The van der Waals surface area contributed by atoms with Crippen LogP contribution in [0, 0.1) is 13.8 Å². The number of amides is 1. The van der Waals surface area contributed by atoms with E-state index in [0.717, 1.165) is 11.3 Å². The van der Waals surface area contributed by atoms with Crippen molar-refractivity contribution in [3.05, 3.63) is 52.8 Å². The number of hydrogen-bond acceptors (Lipinski definition) is 5. The number of benzene rings is 1. The van der Waals surface area contributed by atoms with Crippen LogP contribution in [-0.4, -0.2) is 47.0 Å². The van der Waals surface area contributed by atoms with Crippen molar-refractivity contribution < 1.29 is 9.53 Å². The second-order valence-corrected chi connectivity index (χ2v) is 6.45. The molecule has 0 aliphatic carbocycles. The summed E-state index contributed by atoms with van der Waals surface area (Å²) < 4.78 is 6.00. The first-order valence-corrected chi connectivity index (χ1v) is 8.51. The Morgan fingerprint density at radius 3 is 2.76 bits per heavy atom. The summed E-state index contributed by atoms with van der Waals surface area (Å²) >= 11 is 0. The highest BCUT2D eigenvalue weighted by Gasteiger charge is 2.32. The fraction of sp³-hybridized carbons (Fsp3) is 0.421. The van der Waals surface area contributed by atoms with Gasteiger partial charge in [0.1, 0.15) is 11.8 Å². The van der Waals surface area contributed by atoms with Crippen molar-refractivity contribution in [3.63, 3.8) is 0 Å². The van der Waals surface area contributed by atoms with Crippen LogP contribution in [0.5, 0.6) is 0 Å². The van der Waals surface area contributed by atoms with Gasteiger partial charge in [0.15, 0.2) is 0 Å². The molecular weight excluding hydrogens is 316 g/mol. The number of anilines is 1. The zero-order valence-corrected chi connectivity index (χ0v) is 15.1. The number of rotatable bonds is 3. The second-order valence-electron chi connectivity index (χ2n) is 6.45. The maximum absolute atomic E-state index is 13.0. The van der Waals surface area contributed by atoms with Gasteiger partial charge < -0.3 is 15.0 Å². The highest BCUT2D eigenvalue weighted by molar-refractivity contribution is 5.93. The predicted octanol–water partition coefficient (Wildman–Crippen LogP) is 2.74. The van der Waals surface area contributed by atoms with Gasteiger partial charge in [-0.05, 0) is 38.0 Å². The molecule has 1 aromatic carbocycles. The molecule has 1 aromatic heterocycles. The molecule has 2 atom stereocenters. The number of carbonyl (C=O) groups is 1. The first-order chi connectivity index (χ1) is 12.0. The van der Waals surface area contributed by atoms with Gasteiger partial charge in [0.2, 0.25) is 5.95 Å². The molecule has 0 saturated carbocycles. The molecule has 2 heterocycles. The Morgan fingerprint density at radius 1 is 1.28 bits per heavy atom. The molecule has 6 nitrogen and oxygen atoms in total. The topological polar surface area (TPSA) is 67.4 Å². The fourth-order valence-corrected chi connectivity index (χ4v) is 3.11. The minimum atomic E-state index is -0.118. The van der Waals surface area contributed by atoms with Crippen LogP contribution >= 0.6 is 0 Å². The summed E-state index contributed by atoms with van der Waals surface area (Å²) in [7, 11) is 1.74. The summed E-state index contributed by atoms with van der Waals surface area (Å²) in [6, 6.07) is 9.87. The molecule has 0 radical (unpaired) electrons. The van der Waals surface area contributed by atoms with Gasteiger partial charge in [0, 0.05) is 12.7 Å². The minimum absolute atomic E-state index is 0.000996. The van der Waals surface area contributed by atoms with Crippen molar-refractivity contribution in [2.24, 2.45) is 0 Å². The second kappa shape index (κ2) is 7.19. The van der Waals surface area contributed by atoms with Crippen LogP contribution in [0.15, 0.2) is 30.3 Å².